The van der Waals surface area contributed by atoms with Crippen LogP contribution < -0.4 is 16.0 Å². The second-order valence-corrected chi connectivity index (χ2v) is 16.5. The lowest BCUT2D eigenvalue weighted by molar-refractivity contribution is -0.137. The predicted octanol–water partition coefficient (Wildman–Crippen LogP) is 4.73. The van der Waals surface area contributed by atoms with E-state index in [2.05, 4.69) is 41.0 Å². The van der Waals surface area contributed by atoms with E-state index in [-0.39, 0.29) is 34.0 Å². The van der Waals surface area contributed by atoms with Crippen LogP contribution in [0, 0.1) is 6.92 Å². The molecule has 5 aromatic rings. The van der Waals surface area contributed by atoms with Crippen molar-refractivity contribution in [2.24, 2.45) is 14.1 Å². The van der Waals surface area contributed by atoms with Crippen LogP contribution in [0.3, 0.4) is 0 Å². The maximum absolute atomic E-state index is 13.7. The van der Waals surface area contributed by atoms with Crippen molar-refractivity contribution >= 4 is 58.3 Å². The summed E-state index contributed by atoms with van der Waals surface area (Å²) >= 11 is 13.9. The fourth-order valence-corrected chi connectivity index (χ4v) is 8.56. The number of hydrogen-bond acceptors (Lipinski definition) is 11. The highest BCUT2D eigenvalue weighted by molar-refractivity contribution is 6.40. The van der Waals surface area contributed by atoms with E-state index in [1.54, 1.807) is 45.6 Å². The normalized spacial score (nSPS) is 14.0. The predicted molar refractivity (Wildman–Crippen MR) is 237 cm³/mol. The quantitative estimate of drug-likeness (QED) is 0.0831. The van der Waals surface area contributed by atoms with Gasteiger partial charge in [-0.1, -0.05) is 52.7 Å². The maximum atomic E-state index is 13.7. The fraction of sp³-hybridized carbons (Fsp3) is 0.442. The van der Waals surface area contributed by atoms with E-state index in [4.69, 9.17) is 38.0 Å². The molecule has 20 heteroatoms. The van der Waals surface area contributed by atoms with Crippen molar-refractivity contribution in [3.05, 3.63) is 92.8 Å². The first-order chi connectivity index (χ1) is 30.4. The van der Waals surface area contributed by atoms with Crippen LogP contribution in [0.4, 0.5) is 11.4 Å². The molecule has 4 N–H and O–H groups in total. The van der Waals surface area contributed by atoms with Gasteiger partial charge in [0.15, 0.2) is 11.6 Å². The molecule has 0 atom stereocenters. The van der Waals surface area contributed by atoms with Crippen LogP contribution in [0.15, 0.2) is 42.6 Å². The molecule has 0 bridgehead atoms. The highest BCUT2D eigenvalue weighted by Crippen LogP contribution is 2.40. The Morgan fingerprint density at radius 1 is 0.762 bits per heavy atom. The Hall–Kier alpha value is -5.66. The highest BCUT2D eigenvalue weighted by Gasteiger charge is 2.28. The van der Waals surface area contributed by atoms with Gasteiger partial charge in [0.1, 0.15) is 0 Å². The molecule has 0 unspecified atom stereocenters. The molecule has 0 saturated heterocycles. The van der Waals surface area contributed by atoms with Crippen molar-refractivity contribution in [2.45, 2.75) is 65.1 Å². The van der Waals surface area contributed by atoms with E-state index in [9.17, 15) is 19.2 Å². The number of rotatable bonds is 19. The van der Waals surface area contributed by atoms with Crippen LogP contribution in [0.25, 0.3) is 11.1 Å². The number of benzene rings is 2. The molecular formula is C43H52Cl2N12O6. The first-order valence-electron chi connectivity index (χ1n) is 21.0. The van der Waals surface area contributed by atoms with E-state index in [1.807, 2.05) is 31.8 Å². The minimum Gasteiger partial charge on any atom is -0.481 e. The van der Waals surface area contributed by atoms with Crippen LogP contribution in [-0.4, -0.2) is 119 Å². The van der Waals surface area contributed by atoms with Gasteiger partial charge in [-0.15, -0.1) is 5.10 Å². The number of fused-ring (bicyclic) bond motifs is 2. The zero-order chi connectivity index (χ0) is 44.6. The molecule has 18 nitrogen and oxygen atoms in total. The molecule has 5 heterocycles. The number of halogens is 2. The van der Waals surface area contributed by atoms with E-state index in [1.165, 1.54) is 0 Å². The first kappa shape index (κ1) is 45.4. The molecule has 334 valence electrons. The van der Waals surface area contributed by atoms with Crippen molar-refractivity contribution in [3.63, 3.8) is 0 Å². The van der Waals surface area contributed by atoms with Gasteiger partial charge in [0.2, 0.25) is 5.91 Å². The monoisotopic (exact) mass is 902 g/mol. The third-order valence-corrected chi connectivity index (χ3v) is 12.1. The number of carbonyl (C=O) groups is 4. The topological polar surface area (TPSA) is 207 Å². The summed E-state index contributed by atoms with van der Waals surface area (Å²) in [5, 5.41) is 26.2. The van der Waals surface area contributed by atoms with Crippen LogP contribution in [0.1, 0.15) is 75.4 Å². The number of nitrogens with zero attached hydrogens (tertiary/aromatic N) is 9. The number of carboxylic acids is 1. The Balaban J connectivity index is 0.913. The van der Waals surface area contributed by atoms with Gasteiger partial charge in [-0.3, -0.25) is 29.0 Å². The number of carboxylic acid groups (broad SMARTS) is 1. The van der Waals surface area contributed by atoms with Crippen molar-refractivity contribution in [3.8, 4) is 11.1 Å². The summed E-state index contributed by atoms with van der Waals surface area (Å²) in [7, 11) is 3.64. The first-order valence-corrected chi connectivity index (χ1v) is 21.8. The average molecular weight is 904 g/mol. The van der Waals surface area contributed by atoms with E-state index in [0.29, 0.717) is 101 Å². The van der Waals surface area contributed by atoms with Crippen molar-refractivity contribution < 1.29 is 29.0 Å². The number of anilines is 2. The van der Waals surface area contributed by atoms with Gasteiger partial charge in [-0.2, -0.15) is 0 Å². The zero-order valence-electron chi connectivity index (χ0n) is 35.6. The number of carbonyl (C=O) groups excluding carboxylic acids is 3. The molecule has 2 aliphatic heterocycles. The molecule has 3 amide bonds. The van der Waals surface area contributed by atoms with Crippen LogP contribution in [0.5, 0.6) is 0 Å². The van der Waals surface area contributed by atoms with Gasteiger partial charge >= 0.3 is 5.97 Å². The van der Waals surface area contributed by atoms with Crippen LogP contribution in [0.2, 0.25) is 10.0 Å². The SMILES string of the molecule is Cc1cn(CCOCCNC(=O)CCCN2CCc3c(nc(C(=O)Nc4cccc(-c5cccc(NC(=O)c6nc7c(n6C)CCN(CCCC(=O)O)C7)c5Cl)c4Cl)n3C)C2)nn1. The lowest BCUT2D eigenvalue weighted by Crippen LogP contribution is -2.33. The minimum atomic E-state index is -0.819. The summed E-state index contributed by atoms with van der Waals surface area (Å²) in [6.07, 6.45) is 4.99. The molecule has 7 rings (SSSR count). The number of amides is 3. The van der Waals surface area contributed by atoms with E-state index >= 15 is 0 Å². The van der Waals surface area contributed by atoms with Crippen LogP contribution >= 0.6 is 23.2 Å². The molecule has 3 aromatic heterocycles. The summed E-state index contributed by atoms with van der Waals surface area (Å²) in [5.74, 6) is -1.19. The van der Waals surface area contributed by atoms with Crippen molar-refractivity contribution in [2.75, 3.05) is 56.6 Å². The summed E-state index contributed by atoms with van der Waals surface area (Å²) in [6.45, 7) is 7.82. The molecular weight excluding hydrogens is 851 g/mol. The second kappa shape index (κ2) is 20.7. The van der Waals surface area contributed by atoms with Gasteiger partial charge in [0, 0.05) is 101 Å². The lowest BCUT2D eigenvalue weighted by atomic mass is 10.0. The van der Waals surface area contributed by atoms with Crippen molar-refractivity contribution in [1.29, 1.82) is 0 Å². The van der Waals surface area contributed by atoms with E-state index < -0.39 is 17.8 Å². The summed E-state index contributed by atoms with van der Waals surface area (Å²) in [6, 6.07) is 10.5. The molecule has 0 spiro atoms. The molecule has 2 aromatic carbocycles. The molecule has 0 saturated carbocycles. The minimum absolute atomic E-state index is 0.0229. The third kappa shape index (κ3) is 11.1. The number of aryl methyl sites for hydroxylation is 1. The lowest BCUT2D eigenvalue weighted by Gasteiger charge is -2.26. The number of hydrogen-bond donors (Lipinski definition) is 4. The van der Waals surface area contributed by atoms with Gasteiger partial charge in [0.05, 0.1) is 58.3 Å². The van der Waals surface area contributed by atoms with Crippen LogP contribution in [-0.2, 0) is 60.9 Å². The standard InChI is InChI=1S/C43H52Cl2N12O6/c1-27-24-57(52-51-27)21-23-63-22-16-46-36(58)12-6-17-55-19-14-34-32(25-55)47-40(53(34)2)42(61)49-30-10-4-8-28(38(30)44)29-9-5-11-31(39(29)45)50-43(62)41-48-33-26-56(18-7-13-37(59)60)20-15-35(33)54(41)3/h4-5,8-11,24H,6-7,12-23,25-26H2,1-3H3,(H,46,58)(H,49,61)(H,50,62)(H,59,60). The molecule has 0 radical (unpaired) electrons. The highest BCUT2D eigenvalue weighted by atomic mass is 35.5. The third-order valence-electron chi connectivity index (χ3n) is 11.3. The number of aliphatic carboxylic acids is 1. The average Bonchev–Trinajstić information content (AvgIpc) is 3.94. The zero-order valence-corrected chi connectivity index (χ0v) is 37.1. The van der Waals surface area contributed by atoms with Gasteiger partial charge in [0.25, 0.3) is 11.8 Å². The second-order valence-electron chi connectivity index (χ2n) is 15.8. The maximum Gasteiger partial charge on any atom is 0.303 e. The molecule has 0 aliphatic carbocycles. The van der Waals surface area contributed by atoms with Gasteiger partial charge in [-0.25, -0.2) is 14.6 Å². The van der Waals surface area contributed by atoms with E-state index in [0.717, 1.165) is 48.1 Å². The Kier molecular flexibility index (Phi) is 14.9. The number of ether oxygens (including phenoxy) is 1. The Labute approximate surface area is 374 Å². The van der Waals surface area contributed by atoms with Gasteiger partial charge in [-0.05, 0) is 45.0 Å². The number of imidazole rings is 2. The summed E-state index contributed by atoms with van der Waals surface area (Å²) in [5.41, 5.74) is 6.26. The molecule has 2 aliphatic rings. The Bertz CT molecular complexity index is 2480. The Morgan fingerprint density at radius 2 is 1.30 bits per heavy atom. The summed E-state index contributed by atoms with van der Waals surface area (Å²) in [4.78, 5) is 64.5. The smallest absolute Gasteiger partial charge is 0.303 e. The fourth-order valence-electron chi connectivity index (χ4n) is 8.01. The Morgan fingerprint density at radius 3 is 1.81 bits per heavy atom. The largest absolute Gasteiger partial charge is 0.481 e. The summed E-state index contributed by atoms with van der Waals surface area (Å²) < 4.78 is 10.9. The van der Waals surface area contributed by atoms with Crippen molar-refractivity contribution in [1.82, 2.24) is 49.2 Å². The van der Waals surface area contributed by atoms with Gasteiger partial charge < -0.3 is 34.9 Å². The number of nitrogens with one attached hydrogen (secondary N) is 3. The molecule has 63 heavy (non-hydrogen) atoms. The number of aromatic nitrogens is 7. The molecule has 0 fully saturated rings.